The van der Waals surface area contributed by atoms with Gasteiger partial charge in [0.05, 0.1) is 12.4 Å². The zero-order valence-corrected chi connectivity index (χ0v) is 10.9. The molecule has 1 aromatic rings. The van der Waals surface area contributed by atoms with Gasteiger partial charge in [0.2, 0.25) is 0 Å². The number of aliphatic hydroxyl groups excluding tert-OH is 2. The maximum absolute atomic E-state index is 10.4. The molecule has 0 amide bonds. The summed E-state index contributed by atoms with van der Waals surface area (Å²) in [5.74, 6) is 1.30. The summed E-state index contributed by atoms with van der Waals surface area (Å²) in [6, 6.07) is 1.88. The minimum Gasteiger partial charge on any atom is -0.468 e. The van der Waals surface area contributed by atoms with Gasteiger partial charge in [-0.1, -0.05) is 18.6 Å². The molecule has 18 heavy (non-hydrogen) atoms. The first kappa shape index (κ1) is 12.0. The van der Waals surface area contributed by atoms with Crippen molar-refractivity contribution in [3.63, 3.8) is 0 Å². The fourth-order valence-corrected chi connectivity index (χ4v) is 3.76. The topological polar surface area (TPSA) is 53.6 Å². The second kappa shape index (κ2) is 3.97. The summed E-state index contributed by atoms with van der Waals surface area (Å²) in [5.41, 5.74) is 2.03. The molecule has 3 aliphatic rings. The van der Waals surface area contributed by atoms with Crippen LogP contribution in [0.15, 0.2) is 28.4 Å². The quantitative estimate of drug-likeness (QED) is 0.751. The van der Waals surface area contributed by atoms with Crippen molar-refractivity contribution in [3.8, 4) is 0 Å². The fourth-order valence-electron chi connectivity index (χ4n) is 3.76. The molecule has 3 nitrogen and oxygen atoms in total. The normalized spacial score (nSPS) is 38.9. The van der Waals surface area contributed by atoms with Crippen LogP contribution in [0.3, 0.4) is 0 Å². The lowest BCUT2D eigenvalue weighted by molar-refractivity contribution is 0.0309. The highest BCUT2D eigenvalue weighted by atomic mass is 16.3. The Labute approximate surface area is 107 Å². The Balaban J connectivity index is 2.14. The SMILES string of the molecule is CC1=C[C@@H]2C[C@@](C)(CO)[C@H]1CC(O)c1ccoc12. The molecule has 2 bridgehead atoms. The maximum atomic E-state index is 10.4. The van der Waals surface area contributed by atoms with Crippen molar-refractivity contribution in [2.75, 3.05) is 6.61 Å². The number of allylic oxidation sites excluding steroid dienone is 2. The molecule has 0 spiro atoms. The second-order valence-electron chi connectivity index (χ2n) is 6.08. The van der Waals surface area contributed by atoms with Crippen LogP contribution in [0.5, 0.6) is 0 Å². The lowest BCUT2D eigenvalue weighted by Crippen LogP contribution is -2.39. The minimum atomic E-state index is -0.485. The number of hydrogen-bond acceptors (Lipinski definition) is 3. The van der Waals surface area contributed by atoms with E-state index >= 15 is 0 Å². The standard InChI is InChI=1S/C15H20O3/c1-9-5-10-7-15(2,8-16)12(9)6-13(17)11-3-4-18-14(10)11/h3-5,10,12-13,16-17H,6-8H2,1-2H3/t10-,12+,13?,15+/m1/s1. The molecule has 98 valence electrons. The molecule has 0 fully saturated rings. The second-order valence-corrected chi connectivity index (χ2v) is 6.08. The molecular formula is C15H20O3. The third-order valence-corrected chi connectivity index (χ3v) is 4.78. The molecule has 3 heteroatoms. The summed E-state index contributed by atoms with van der Waals surface area (Å²) in [4.78, 5) is 0. The van der Waals surface area contributed by atoms with Gasteiger partial charge in [-0.15, -0.1) is 0 Å². The molecule has 4 atom stereocenters. The van der Waals surface area contributed by atoms with Gasteiger partial charge in [0, 0.05) is 18.1 Å². The Kier molecular flexibility index (Phi) is 2.65. The number of hydrogen-bond donors (Lipinski definition) is 2. The summed E-state index contributed by atoms with van der Waals surface area (Å²) in [6.45, 7) is 4.37. The zero-order chi connectivity index (χ0) is 12.9. The van der Waals surface area contributed by atoms with Crippen LogP contribution in [0.2, 0.25) is 0 Å². The monoisotopic (exact) mass is 248 g/mol. The first-order chi connectivity index (χ1) is 8.55. The van der Waals surface area contributed by atoms with E-state index in [4.69, 9.17) is 4.42 Å². The van der Waals surface area contributed by atoms with Gasteiger partial charge < -0.3 is 14.6 Å². The van der Waals surface area contributed by atoms with E-state index in [9.17, 15) is 10.2 Å². The highest BCUT2D eigenvalue weighted by Crippen LogP contribution is 2.53. The molecule has 0 saturated heterocycles. The van der Waals surface area contributed by atoms with Crippen LogP contribution in [0.1, 0.15) is 50.0 Å². The highest BCUT2D eigenvalue weighted by molar-refractivity contribution is 5.34. The first-order valence-corrected chi connectivity index (χ1v) is 6.59. The Morgan fingerprint density at radius 3 is 3.00 bits per heavy atom. The smallest absolute Gasteiger partial charge is 0.116 e. The van der Waals surface area contributed by atoms with Crippen molar-refractivity contribution in [1.82, 2.24) is 0 Å². The van der Waals surface area contributed by atoms with Crippen LogP contribution in [0, 0.1) is 11.3 Å². The van der Waals surface area contributed by atoms with Crippen LogP contribution in [0.4, 0.5) is 0 Å². The van der Waals surface area contributed by atoms with Gasteiger partial charge in [-0.25, -0.2) is 0 Å². The van der Waals surface area contributed by atoms with Gasteiger partial charge in [-0.3, -0.25) is 0 Å². The molecule has 4 rings (SSSR count). The summed E-state index contributed by atoms with van der Waals surface area (Å²) in [6.07, 6.45) is 4.97. The number of furan rings is 1. The van der Waals surface area contributed by atoms with Gasteiger partial charge in [-0.05, 0) is 37.2 Å². The molecule has 1 unspecified atom stereocenters. The van der Waals surface area contributed by atoms with Crippen molar-refractivity contribution < 1.29 is 14.6 Å². The Morgan fingerprint density at radius 1 is 1.50 bits per heavy atom. The molecule has 0 saturated carbocycles. The summed E-state index contributed by atoms with van der Waals surface area (Å²) < 4.78 is 5.59. The Morgan fingerprint density at radius 2 is 2.28 bits per heavy atom. The van der Waals surface area contributed by atoms with Crippen LogP contribution in [-0.2, 0) is 0 Å². The van der Waals surface area contributed by atoms with Gasteiger partial charge >= 0.3 is 0 Å². The first-order valence-electron chi connectivity index (χ1n) is 6.59. The predicted octanol–water partition coefficient (Wildman–Crippen LogP) is 2.77. The van der Waals surface area contributed by atoms with Crippen molar-refractivity contribution >= 4 is 0 Å². The lowest BCUT2D eigenvalue weighted by Gasteiger charge is -2.45. The van der Waals surface area contributed by atoms with Crippen LogP contribution in [0.25, 0.3) is 0 Å². The predicted molar refractivity (Wildman–Crippen MR) is 68.1 cm³/mol. The van der Waals surface area contributed by atoms with E-state index in [2.05, 4.69) is 19.9 Å². The molecule has 1 aromatic heterocycles. The Bertz CT molecular complexity index is 488. The maximum Gasteiger partial charge on any atom is 0.116 e. The largest absolute Gasteiger partial charge is 0.468 e. The number of rotatable bonds is 1. The van der Waals surface area contributed by atoms with Crippen molar-refractivity contribution in [3.05, 3.63) is 35.3 Å². The molecule has 0 aromatic carbocycles. The van der Waals surface area contributed by atoms with E-state index in [-0.39, 0.29) is 23.9 Å². The van der Waals surface area contributed by atoms with E-state index in [1.165, 1.54) is 5.57 Å². The van der Waals surface area contributed by atoms with Crippen molar-refractivity contribution in [2.24, 2.45) is 11.3 Å². The number of aliphatic hydroxyl groups is 2. The summed E-state index contributed by atoms with van der Waals surface area (Å²) >= 11 is 0. The van der Waals surface area contributed by atoms with E-state index in [0.717, 1.165) is 17.7 Å². The molecule has 0 aliphatic heterocycles. The van der Waals surface area contributed by atoms with Crippen LogP contribution >= 0.6 is 0 Å². The van der Waals surface area contributed by atoms with Crippen molar-refractivity contribution in [2.45, 2.75) is 38.7 Å². The molecule has 3 aliphatic carbocycles. The molecular weight excluding hydrogens is 228 g/mol. The van der Waals surface area contributed by atoms with Crippen LogP contribution < -0.4 is 0 Å². The van der Waals surface area contributed by atoms with E-state index in [0.29, 0.717) is 6.42 Å². The van der Waals surface area contributed by atoms with E-state index in [1.54, 1.807) is 6.26 Å². The minimum absolute atomic E-state index is 0.155. The van der Waals surface area contributed by atoms with E-state index < -0.39 is 6.10 Å². The van der Waals surface area contributed by atoms with Gasteiger partial charge in [-0.2, -0.15) is 0 Å². The molecule has 2 N–H and O–H groups in total. The average Bonchev–Trinajstić information content (AvgIpc) is 2.80. The van der Waals surface area contributed by atoms with Crippen LogP contribution in [-0.4, -0.2) is 16.8 Å². The summed E-state index contributed by atoms with van der Waals surface area (Å²) in [7, 11) is 0. The lowest BCUT2D eigenvalue weighted by atomic mass is 9.60. The summed E-state index contributed by atoms with van der Waals surface area (Å²) in [5, 5.41) is 20.1. The zero-order valence-electron chi connectivity index (χ0n) is 10.9. The van der Waals surface area contributed by atoms with Crippen molar-refractivity contribution in [1.29, 1.82) is 0 Å². The third kappa shape index (κ3) is 1.57. The van der Waals surface area contributed by atoms with E-state index in [1.807, 2.05) is 6.07 Å². The molecule has 1 heterocycles. The highest BCUT2D eigenvalue weighted by Gasteiger charge is 2.44. The third-order valence-electron chi connectivity index (χ3n) is 4.78. The van der Waals surface area contributed by atoms with Gasteiger partial charge in [0.1, 0.15) is 5.76 Å². The Hall–Kier alpha value is -1.06. The van der Waals surface area contributed by atoms with Gasteiger partial charge in [0.25, 0.3) is 0 Å². The number of fused-ring (bicyclic) bond motifs is 2. The average molecular weight is 248 g/mol. The molecule has 0 radical (unpaired) electrons. The van der Waals surface area contributed by atoms with Gasteiger partial charge in [0.15, 0.2) is 0 Å². The fraction of sp³-hybridized carbons (Fsp3) is 0.600.